The summed E-state index contributed by atoms with van der Waals surface area (Å²) in [6.07, 6.45) is 1.66. The zero-order valence-corrected chi connectivity index (χ0v) is 19.9. The summed E-state index contributed by atoms with van der Waals surface area (Å²) in [7, 11) is 0. The summed E-state index contributed by atoms with van der Waals surface area (Å²) in [5.41, 5.74) is 2.14. The molecule has 3 aromatic rings. The number of amides is 2. The normalized spacial score (nSPS) is 14.7. The number of hydrogen-bond donors (Lipinski definition) is 0. The van der Waals surface area contributed by atoms with Gasteiger partial charge in [0.05, 0.1) is 16.5 Å². The van der Waals surface area contributed by atoms with Gasteiger partial charge in [0.2, 0.25) is 0 Å². The second-order valence-electron chi connectivity index (χ2n) is 7.55. The molecular formula is C26H21ClFNO4S. The van der Waals surface area contributed by atoms with E-state index in [2.05, 4.69) is 0 Å². The fraction of sp³-hybridized carbons (Fsp3) is 0.154. The molecule has 0 saturated carbocycles. The summed E-state index contributed by atoms with van der Waals surface area (Å²) < 4.78 is 25.1. The zero-order chi connectivity index (χ0) is 24.1. The van der Waals surface area contributed by atoms with E-state index in [0.29, 0.717) is 21.4 Å². The molecule has 1 aliphatic rings. The van der Waals surface area contributed by atoms with E-state index in [1.807, 2.05) is 31.2 Å². The van der Waals surface area contributed by atoms with Gasteiger partial charge in [-0.3, -0.25) is 14.5 Å². The largest absolute Gasteiger partial charge is 0.492 e. The quantitative estimate of drug-likeness (QED) is 0.333. The van der Waals surface area contributed by atoms with E-state index in [9.17, 15) is 14.0 Å². The highest BCUT2D eigenvalue weighted by Gasteiger charge is 2.34. The third-order valence-electron chi connectivity index (χ3n) is 5.10. The number of carbonyl (C=O) groups excluding carboxylic acids is 2. The predicted octanol–water partition coefficient (Wildman–Crippen LogP) is 6.48. The number of nitrogens with zero attached hydrogens (tertiary/aromatic N) is 1. The Labute approximate surface area is 206 Å². The van der Waals surface area contributed by atoms with Crippen molar-refractivity contribution in [2.24, 2.45) is 0 Å². The second kappa shape index (κ2) is 10.8. The van der Waals surface area contributed by atoms with Gasteiger partial charge in [0.25, 0.3) is 11.1 Å². The van der Waals surface area contributed by atoms with Crippen LogP contribution in [0.3, 0.4) is 0 Å². The molecule has 34 heavy (non-hydrogen) atoms. The lowest BCUT2D eigenvalue weighted by atomic mass is 10.2. The number of carbonyl (C=O) groups is 2. The van der Waals surface area contributed by atoms with Crippen molar-refractivity contribution in [1.29, 1.82) is 0 Å². The van der Waals surface area contributed by atoms with Gasteiger partial charge in [-0.25, -0.2) is 4.39 Å². The summed E-state index contributed by atoms with van der Waals surface area (Å²) >= 11 is 6.92. The highest BCUT2D eigenvalue weighted by Crippen LogP contribution is 2.32. The molecule has 8 heteroatoms. The minimum atomic E-state index is -0.427. The summed E-state index contributed by atoms with van der Waals surface area (Å²) in [5.74, 6) is 0.437. The van der Waals surface area contributed by atoms with Crippen molar-refractivity contribution in [3.63, 3.8) is 0 Å². The van der Waals surface area contributed by atoms with Gasteiger partial charge < -0.3 is 9.47 Å². The van der Waals surface area contributed by atoms with Crippen molar-refractivity contribution >= 4 is 40.6 Å². The molecule has 174 valence electrons. The first-order valence-corrected chi connectivity index (χ1v) is 11.7. The summed E-state index contributed by atoms with van der Waals surface area (Å²) in [5, 5.41) is -0.0258. The molecule has 1 aliphatic heterocycles. The van der Waals surface area contributed by atoms with E-state index in [0.717, 1.165) is 22.9 Å². The Morgan fingerprint density at radius 3 is 2.35 bits per heavy atom. The predicted molar refractivity (Wildman–Crippen MR) is 132 cm³/mol. The van der Waals surface area contributed by atoms with Crippen LogP contribution in [0.5, 0.6) is 11.5 Å². The van der Waals surface area contributed by atoms with Crippen molar-refractivity contribution in [3.8, 4) is 11.5 Å². The van der Waals surface area contributed by atoms with Crippen LogP contribution in [-0.4, -0.2) is 29.2 Å². The molecule has 5 nitrogen and oxygen atoms in total. The lowest BCUT2D eigenvalue weighted by Gasteiger charge is -2.13. The van der Waals surface area contributed by atoms with Crippen LogP contribution in [-0.2, 0) is 11.4 Å². The van der Waals surface area contributed by atoms with Crippen LogP contribution in [0.25, 0.3) is 6.08 Å². The minimum Gasteiger partial charge on any atom is -0.492 e. The molecule has 0 atom stereocenters. The second-order valence-corrected chi connectivity index (χ2v) is 8.95. The van der Waals surface area contributed by atoms with Crippen molar-refractivity contribution < 1.29 is 23.5 Å². The van der Waals surface area contributed by atoms with Gasteiger partial charge in [-0.1, -0.05) is 47.5 Å². The number of hydrogen-bond acceptors (Lipinski definition) is 5. The molecule has 0 aliphatic carbocycles. The zero-order valence-electron chi connectivity index (χ0n) is 18.3. The molecule has 0 radical (unpaired) electrons. The SMILES string of the molecule is Cc1ccc(OCCN2C(=O)S/C(=C\c3ccc(OCc4c(F)cccc4Cl)cc3)C2=O)cc1. The van der Waals surface area contributed by atoms with Gasteiger partial charge in [0, 0.05) is 5.56 Å². The molecule has 1 saturated heterocycles. The standard InChI is InChI=1S/C26H21ClFNO4S/c1-17-5-9-19(10-6-17)32-14-13-29-25(30)24(34-26(29)31)15-18-7-11-20(12-8-18)33-16-21-22(27)3-2-4-23(21)28/h2-12,15H,13-14,16H2,1H3/b24-15-. The van der Waals surface area contributed by atoms with Crippen LogP contribution >= 0.6 is 23.4 Å². The summed E-state index contributed by atoms with van der Waals surface area (Å²) in [4.78, 5) is 26.5. The Morgan fingerprint density at radius 1 is 0.971 bits per heavy atom. The van der Waals surface area contributed by atoms with E-state index in [4.69, 9.17) is 21.1 Å². The van der Waals surface area contributed by atoms with Gasteiger partial charge in [-0.2, -0.15) is 0 Å². The molecule has 4 rings (SSSR count). The third-order valence-corrected chi connectivity index (χ3v) is 6.36. The third kappa shape index (κ3) is 5.79. The number of halogens is 2. The van der Waals surface area contributed by atoms with Crippen molar-refractivity contribution in [1.82, 2.24) is 4.90 Å². The first-order chi connectivity index (χ1) is 16.4. The molecular weight excluding hydrogens is 477 g/mol. The average molecular weight is 498 g/mol. The Bertz CT molecular complexity index is 1210. The van der Waals surface area contributed by atoms with E-state index >= 15 is 0 Å². The Morgan fingerprint density at radius 2 is 1.65 bits per heavy atom. The van der Waals surface area contributed by atoms with E-state index in [1.165, 1.54) is 17.0 Å². The first-order valence-electron chi connectivity index (χ1n) is 10.5. The number of imide groups is 1. The summed E-state index contributed by atoms with van der Waals surface area (Å²) in [6, 6.07) is 19.0. The molecule has 1 fully saturated rings. The fourth-order valence-electron chi connectivity index (χ4n) is 3.22. The van der Waals surface area contributed by atoms with Crippen molar-refractivity contribution in [3.05, 3.63) is 99.2 Å². The maximum atomic E-state index is 13.9. The smallest absolute Gasteiger partial charge is 0.293 e. The number of aryl methyl sites for hydroxylation is 1. The molecule has 0 bridgehead atoms. The van der Waals surface area contributed by atoms with Gasteiger partial charge in [0.15, 0.2) is 0 Å². The molecule has 3 aromatic carbocycles. The average Bonchev–Trinajstić information content (AvgIpc) is 3.08. The maximum Gasteiger partial charge on any atom is 0.293 e. The van der Waals surface area contributed by atoms with Crippen LogP contribution in [0, 0.1) is 12.7 Å². The fourth-order valence-corrected chi connectivity index (χ4v) is 4.30. The van der Waals surface area contributed by atoms with Gasteiger partial charge in [-0.15, -0.1) is 0 Å². The van der Waals surface area contributed by atoms with E-state index < -0.39 is 5.82 Å². The Kier molecular flexibility index (Phi) is 7.55. The Balaban J connectivity index is 1.33. The Hall–Kier alpha value is -3.29. The molecule has 1 heterocycles. The van der Waals surface area contributed by atoms with Crippen molar-refractivity contribution in [2.45, 2.75) is 13.5 Å². The minimum absolute atomic E-state index is 0.00555. The monoisotopic (exact) mass is 497 g/mol. The van der Waals surface area contributed by atoms with Crippen LogP contribution in [0.1, 0.15) is 16.7 Å². The highest BCUT2D eigenvalue weighted by molar-refractivity contribution is 8.18. The maximum absolute atomic E-state index is 13.9. The van der Waals surface area contributed by atoms with Crippen molar-refractivity contribution in [2.75, 3.05) is 13.2 Å². The number of ether oxygens (including phenoxy) is 2. The van der Waals surface area contributed by atoms with Crippen LogP contribution < -0.4 is 9.47 Å². The van der Waals surface area contributed by atoms with Gasteiger partial charge in [0.1, 0.15) is 30.5 Å². The lowest BCUT2D eigenvalue weighted by molar-refractivity contribution is -0.123. The number of thioether (sulfide) groups is 1. The first kappa shape index (κ1) is 23.9. The van der Waals surface area contributed by atoms with E-state index in [1.54, 1.807) is 36.4 Å². The highest BCUT2D eigenvalue weighted by atomic mass is 35.5. The number of rotatable bonds is 8. The lowest BCUT2D eigenvalue weighted by Crippen LogP contribution is -2.32. The van der Waals surface area contributed by atoms with E-state index in [-0.39, 0.29) is 36.5 Å². The summed E-state index contributed by atoms with van der Waals surface area (Å²) in [6.45, 7) is 2.36. The van der Waals surface area contributed by atoms with Gasteiger partial charge >= 0.3 is 0 Å². The van der Waals surface area contributed by atoms with Crippen LogP contribution in [0.2, 0.25) is 5.02 Å². The van der Waals surface area contributed by atoms with Crippen LogP contribution in [0.4, 0.5) is 9.18 Å². The molecule has 2 amide bonds. The topological polar surface area (TPSA) is 55.8 Å². The van der Waals surface area contributed by atoms with Crippen LogP contribution in [0.15, 0.2) is 71.6 Å². The molecule has 0 unspecified atom stereocenters. The molecule has 0 aromatic heterocycles. The van der Waals surface area contributed by atoms with Gasteiger partial charge in [-0.05, 0) is 66.7 Å². The molecule has 0 N–H and O–H groups in total. The number of benzene rings is 3. The molecule has 0 spiro atoms.